The minimum Gasteiger partial charge on any atom is -0.376 e. The van der Waals surface area contributed by atoms with Crippen LogP contribution in [0.2, 0.25) is 0 Å². The van der Waals surface area contributed by atoms with Gasteiger partial charge in [-0.1, -0.05) is 0 Å². The molecule has 4 atom stereocenters. The lowest BCUT2D eigenvalue weighted by atomic mass is 9.91. The molecule has 216 valence electrons. The van der Waals surface area contributed by atoms with E-state index in [4.69, 9.17) is 18.9 Å². The fraction of sp³-hybridized carbons (Fsp3) is 1.00. The molecule has 4 aliphatic heterocycles. The zero-order valence-corrected chi connectivity index (χ0v) is 23.9. The Labute approximate surface area is 219 Å². The highest BCUT2D eigenvalue weighted by Gasteiger charge is 2.41. The first kappa shape index (κ1) is 29.6. The third kappa shape index (κ3) is 8.82. The second kappa shape index (κ2) is 11.3. The van der Waals surface area contributed by atoms with Gasteiger partial charge in [0.15, 0.2) is 39.3 Å². The third-order valence-corrected chi connectivity index (χ3v) is 14.2. The van der Waals surface area contributed by atoms with Crippen LogP contribution in [-0.4, -0.2) is 131 Å². The number of hydrogen-bond acceptors (Lipinski definition) is 12. The van der Waals surface area contributed by atoms with Crippen molar-refractivity contribution in [3.05, 3.63) is 0 Å². The molecule has 0 spiro atoms. The van der Waals surface area contributed by atoms with E-state index in [1.165, 1.54) is 0 Å². The van der Waals surface area contributed by atoms with Crippen LogP contribution in [-0.2, 0) is 58.3 Å². The molecule has 0 aliphatic carbocycles. The average molecular weight is 609 g/mol. The van der Waals surface area contributed by atoms with Gasteiger partial charge in [-0.15, -0.1) is 0 Å². The van der Waals surface area contributed by atoms with E-state index in [2.05, 4.69) is 0 Å². The summed E-state index contributed by atoms with van der Waals surface area (Å²) in [7, 11) is -12.8. The van der Waals surface area contributed by atoms with Crippen molar-refractivity contribution < 1.29 is 52.6 Å². The number of hydrogen-bond donors (Lipinski definition) is 0. The van der Waals surface area contributed by atoms with Crippen LogP contribution in [0.3, 0.4) is 0 Å². The second-order valence-electron chi connectivity index (χ2n) is 10.8. The van der Waals surface area contributed by atoms with Crippen molar-refractivity contribution in [3.63, 3.8) is 0 Å². The lowest BCUT2D eigenvalue weighted by molar-refractivity contribution is -0.140. The van der Waals surface area contributed by atoms with Crippen molar-refractivity contribution in [2.75, 3.05) is 72.5 Å². The highest BCUT2D eigenvalue weighted by Crippen LogP contribution is 2.29. The Bertz CT molecular complexity index is 1040. The molecule has 0 aromatic rings. The summed E-state index contributed by atoms with van der Waals surface area (Å²) in [6, 6.07) is 0. The third-order valence-electron chi connectivity index (χ3n) is 7.26. The summed E-state index contributed by atoms with van der Waals surface area (Å²) in [6.45, 7) is -0.144. The van der Waals surface area contributed by atoms with Gasteiger partial charge >= 0.3 is 0 Å². The average Bonchev–Trinajstić information content (AvgIpc) is 3.53. The standard InChI is InChI=1S/C21H36O12S4/c22-34(23)5-1-17(9-34)30-13-21(14-31-18-2-6-35(24,25)10-18,15-32-19-3-7-36(26,27)11-19)16-33-20-4-8-37(28,29)12-20/h17-20H,1-16H2/t17-,18-,19-,20+/m0/s1. The van der Waals surface area contributed by atoms with Crippen molar-refractivity contribution >= 4 is 39.3 Å². The first-order chi connectivity index (χ1) is 17.1. The van der Waals surface area contributed by atoms with Crippen molar-refractivity contribution in [3.8, 4) is 0 Å². The Kier molecular flexibility index (Phi) is 9.01. The van der Waals surface area contributed by atoms with Gasteiger partial charge in [-0.25, -0.2) is 33.7 Å². The smallest absolute Gasteiger partial charge is 0.152 e. The molecule has 0 aromatic heterocycles. The zero-order chi connectivity index (χ0) is 27.0. The maximum atomic E-state index is 11.9. The summed E-state index contributed by atoms with van der Waals surface area (Å²) in [5, 5.41) is 0. The summed E-state index contributed by atoms with van der Waals surface area (Å²) in [4.78, 5) is 0. The molecule has 0 unspecified atom stereocenters. The summed E-state index contributed by atoms with van der Waals surface area (Å²) in [5.41, 5.74) is -1.03. The molecule has 4 saturated heterocycles. The normalized spacial score (nSPS) is 34.2. The maximum Gasteiger partial charge on any atom is 0.152 e. The molecular weight excluding hydrogens is 572 g/mol. The van der Waals surface area contributed by atoms with Gasteiger partial charge in [-0.05, 0) is 25.7 Å². The fourth-order valence-electron chi connectivity index (χ4n) is 5.00. The molecule has 4 fully saturated rings. The maximum absolute atomic E-state index is 11.9. The fourth-order valence-corrected chi connectivity index (χ4v) is 11.5. The molecular formula is C21H36O12S4. The molecule has 4 rings (SSSR count). The van der Waals surface area contributed by atoms with Crippen LogP contribution in [0.5, 0.6) is 0 Å². The first-order valence-electron chi connectivity index (χ1n) is 12.4. The number of sulfone groups is 4. The van der Waals surface area contributed by atoms with E-state index in [0.29, 0.717) is 25.7 Å². The Hall–Kier alpha value is -0.360. The van der Waals surface area contributed by atoms with E-state index in [0.717, 1.165) is 0 Å². The van der Waals surface area contributed by atoms with Crippen LogP contribution in [0.1, 0.15) is 25.7 Å². The SMILES string of the molecule is O=S1(=O)CC[C@@H](OCC(CO[C@H]2CCS(=O)(=O)C2)(CO[C@H]2CCS(=O)(=O)C2)CO[C@H]2CCS(=O)(=O)C2)C1. The number of ether oxygens (including phenoxy) is 4. The lowest BCUT2D eigenvalue weighted by Crippen LogP contribution is -2.45. The molecule has 4 heterocycles. The van der Waals surface area contributed by atoms with Gasteiger partial charge < -0.3 is 18.9 Å². The molecule has 0 radical (unpaired) electrons. The topological polar surface area (TPSA) is 173 Å². The summed E-state index contributed by atoms with van der Waals surface area (Å²) in [6.07, 6.45) is -0.782. The molecule has 0 bridgehead atoms. The van der Waals surface area contributed by atoms with E-state index < -0.39 is 69.2 Å². The molecule has 0 saturated carbocycles. The highest BCUT2D eigenvalue weighted by atomic mass is 32.2. The minimum absolute atomic E-state index is 0.0218. The van der Waals surface area contributed by atoms with Crippen LogP contribution < -0.4 is 0 Å². The van der Waals surface area contributed by atoms with Gasteiger partial charge in [0.05, 0.1) is 102 Å². The molecule has 0 amide bonds. The Morgan fingerprint density at radius 2 is 0.649 bits per heavy atom. The van der Waals surface area contributed by atoms with E-state index >= 15 is 0 Å². The van der Waals surface area contributed by atoms with Crippen LogP contribution in [0.25, 0.3) is 0 Å². The Morgan fingerprint density at radius 1 is 0.432 bits per heavy atom. The molecule has 0 N–H and O–H groups in total. The van der Waals surface area contributed by atoms with Gasteiger partial charge in [0, 0.05) is 0 Å². The summed E-state index contributed by atoms with van der Waals surface area (Å²) < 4.78 is 119. The molecule has 4 aliphatic rings. The van der Waals surface area contributed by atoms with Crippen molar-refractivity contribution in [2.24, 2.45) is 5.41 Å². The molecule has 12 nitrogen and oxygen atoms in total. The van der Waals surface area contributed by atoms with E-state index in [9.17, 15) is 33.7 Å². The predicted octanol–water partition coefficient (Wildman–Crippen LogP) is -1.21. The lowest BCUT2D eigenvalue weighted by Gasteiger charge is -2.36. The second-order valence-corrected chi connectivity index (χ2v) is 19.8. The van der Waals surface area contributed by atoms with Crippen LogP contribution in [0.4, 0.5) is 0 Å². The van der Waals surface area contributed by atoms with E-state index in [1.54, 1.807) is 0 Å². The Balaban J connectivity index is 1.49. The quantitative estimate of drug-likeness (QED) is 0.259. The van der Waals surface area contributed by atoms with Gasteiger partial charge in [0.1, 0.15) is 0 Å². The van der Waals surface area contributed by atoms with Crippen LogP contribution in [0.15, 0.2) is 0 Å². The monoisotopic (exact) mass is 608 g/mol. The van der Waals surface area contributed by atoms with Crippen LogP contribution >= 0.6 is 0 Å². The Morgan fingerprint density at radius 3 is 0.811 bits per heavy atom. The summed E-state index contributed by atoms with van der Waals surface area (Å²) in [5.74, 6) is -0.380. The number of rotatable bonds is 12. The van der Waals surface area contributed by atoms with Gasteiger partial charge in [0.2, 0.25) is 0 Å². The van der Waals surface area contributed by atoms with E-state index in [-0.39, 0.29) is 72.5 Å². The van der Waals surface area contributed by atoms with Gasteiger partial charge in [-0.3, -0.25) is 0 Å². The van der Waals surface area contributed by atoms with Crippen LogP contribution in [0, 0.1) is 5.41 Å². The minimum atomic E-state index is -3.20. The molecule has 0 aromatic carbocycles. The summed E-state index contributed by atoms with van der Waals surface area (Å²) >= 11 is 0. The van der Waals surface area contributed by atoms with E-state index in [1.807, 2.05) is 0 Å². The first-order valence-corrected chi connectivity index (χ1v) is 19.7. The van der Waals surface area contributed by atoms with Crippen molar-refractivity contribution in [1.29, 1.82) is 0 Å². The molecule has 16 heteroatoms. The molecule has 37 heavy (non-hydrogen) atoms. The largest absolute Gasteiger partial charge is 0.376 e. The van der Waals surface area contributed by atoms with Gasteiger partial charge in [-0.2, -0.15) is 0 Å². The predicted molar refractivity (Wildman–Crippen MR) is 134 cm³/mol. The van der Waals surface area contributed by atoms with Crippen molar-refractivity contribution in [2.45, 2.75) is 50.1 Å². The van der Waals surface area contributed by atoms with Crippen molar-refractivity contribution in [1.82, 2.24) is 0 Å². The zero-order valence-electron chi connectivity index (χ0n) is 20.7. The van der Waals surface area contributed by atoms with Gasteiger partial charge in [0.25, 0.3) is 0 Å². The highest BCUT2D eigenvalue weighted by molar-refractivity contribution is 7.92.